The van der Waals surface area contributed by atoms with E-state index >= 15 is 0 Å². The van der Waals surface area contributed by atoms with E-state index in [1.165, 1.54) is 43.9 Å². The fourth-order valence-corrected chi connectivity index (χ4v) is 5.32. The minimum atomic E-state index is -3.80. The van der Waals surface area contributed by atoms with Gasteiger partial charge in [0.2, 0.25) is 0 Å². The first-order valence-corrected chi connectivity index (χ1v) is 14.0. The van der Waals surface area contributed by atoms with Gasteiger partial charge < -0.3 is 10.1 Å². The number of nitrogens with zero attached hydrogens (tertiary/aromatic N) is 4. The van der Waals surface area contributed by atoms with Crippen molar-refractivity contribution >= 4 is 32.6 Å². The Labute approximate surface area is 225 Å². The summed E-state index contributed by atoms with van der Waals surface area (Å²) >= 11 is 0. The Morgan fingerprint density at radius 3 is 2.54 bits per heavy atom. The molecule has 3 heterocycles. The number of unbranched alkanes of at least 4 members (excludes halogenated alkanes) is 1. The van der Waals surface area contributed by atoms with Crippen molar-refractivity contribution < 1.29 is 27.1 Å². The smallest absolute Gasteiger partial charge is 0.306 e. The molecule has 12 heteroatoms. The number of halogens is 1. The van der Waals surface area contributed by atoms with Crippen LogP contribution in [0.3, 0.4) is 0 Å². The number of ether oxygens (including phenoxy) is 1. The number of carbonyl (C=O) groups excluding carboxylic acids is 2. The SMILES string of the molecule is CCCC[C@H](NC(=O)c1cncc2c1cnn2-c1ccc(F)cc1)c1cncc(S(=O)(=O)CCC(=O)OC)c1. The molecule has 3 aromatic heterocycles. The van der Waals surface area contributed by atoms with Crippen LogP contribution in [0, 0.1) is 5.82 Å². The van der Waals surface area contributed by atoms with E-state index in [0.717, 1.165) is 12.8 Å². The fraction of sp³-hybridized carbons (Fsp3) is 0.296. The molecule has 4 rings (SSSR count). The van der Waals surface area contributed by atoms with Gasteiger partial charge in [0.25, 0.3) is 5.91 Å². The Bertz CT molecular complexity index is 1590. The number of fused-ring (bicyclic) bond motifs is 1. The molecule has 0 radical (unpaired) electrons. The third-order valence-electron chi connectivity index (χ3n) is 6.26. The zero-order valence-electron chi connectivity index (χ0n) is 21.5. The maximum absolute atomic E-state index is 13.5. The number of amides is 1. The number of methoxy groups -OCH3 is 1. The van der Waals surface area contributed by atoms with Crippen LogP contribution >= 0.6 is 0 Å². The van der Waals surface area contributed by atoms with Crippen LogP contribution in [-0.4, -0.2) is 52.9 Å². The summed E-state index contributed by atoms with van der Waals surface area (Å²) in [7, 11) is -2.60. The van der Waals surface area contributed by atoms with Crippen LogP contribution < -0.4 is 5.32 Å². The monoisotopic (exact) mass is 553 g/mol. The second-order valence-corrected chi connectivity index (χ2v) is 11.0. The van der Waals surface area contributed by atoms with E-state index in [9.17, 15) is 22.4 Å². The molecule has 1 amide bonds. The Morgan fingerprint density at radius 2 is 1.82 bits per heavy atom. The Morgan fingerprint density at radius 1 is 1.08 bits per heavy atom. The topological polar surface area (TPSA) is 133 Å². The minimum Gasteiger partial charge on any atom is -0.469 e. The van der Waals surface area contributed by atoms with E-state index < -0.39 is 33.5 Å². The fourth-order valence-electron chi connectivity index (χ4n) is 4.11. The Balaban J connectivity index is 1.62. The number of benzene rings is 1. The lowest BCUT2D eigenvalue weighted by Crippen LogP contribution is -2.29. The van der Waals surface area contributed by atoms with Gasteiger partial charge in [-0.25, -0.2) is 17.5 Å². The average molecular weight is 554 g/mol. The average Bonchev–Trinajstić information content (AvgIpc) is 3.38. The number of rotatable bonds is 11. The van der Waals surface area contributed by atoms with E-state index in [4.69, 9.17) is 0 Å². The molecule has 1 atom stereocenters. The van der Waals surface area contributed by atoms with Gasteiger partial charge in [-0.2, -0.15) is 5.10 Å². The summed E-state index contributed by atoms with van der Waals surface area (Å²) in [6.07, 6.45) is 9.21. The normalized spacial score (nSPS) is 12.3. The molecular weight excluding hydrogens is 525 g/mol. The summed E-state index contributed by atoms with van der Waals surface area (Å²) in [5.41, 5.74) is 2.00. The van der Waals surface area contributed by atoms with Crippen LogP contribution in [0.1, 0.15) is 54.6 Å². The van der Waals surface area contributed by atoms with Gasteiger partial charge in [0.15, 0.2) is 9.84 Å². The quantitative estimate of drug-likeness (QED) is 0.276. The lowest BCUT2D eigenvalue weighted by Gasteiger charge is -2.20. The molecule has 1 N–H and O–H groups in total. The van der Waals surface area contributed by atoms with E-state index in [1.54, 1.807) is 29.2 Å². The summed E-state index contributed by atoms with van der Waals surface area (Å²) < 4.78 is 45.1. The standard InChI is InChI=1S/C27H28FN5O5S/c1-3-4-5-24(18-12-21(14-29-13-18)39(36,37)11-10-26(34)38-2)32-27(35)23-15-30-17-25-22(23)16-31-33(25)20-8-6-19(28)7-9-20/h6-9,12-17,24H,3-5,10-11H2,1-2H3,(H,32,35)/t24-/m0/s1. The minimum absolute atomic E-state index is 0.0380. The summed E-state index contributed by atoms with van der Waals surface area (Å²) in [5.74, 6) is -1.82. The number of sulfone groups is 1. The number of nitrogens with one attached hydrogen (secondary N) is 1. The molecular formula is C27H28FN5O5S. The van der Waals surface area contributed by atoms with Crippen molar-refractivity contribution in [1.82, 2.24) is 25.1 Å². The van der Waals surface area contributed by atoms with Crippen molar-refractivity contribution in [2.24, 2.45) is 0 Å². The largest absolute Gasteiger partial charge is 0.469 e. The summed E-state index contributed by atoms with van der Waals surface area (Å²) in [5, 5.41) is 7.91. The molecule has 0 aliphatic heterocycles. The maximum Gasteiger partial charge on any atom is 0.306 e. The van der Waals surface area contributed by atoms with Gasteiger partial charge in [-0.1, -0.05) is 19.8 Å². The first kappa shape index (κ1) is 27.8. The van der Waals surface area contributed by atoms with Crippen LogP contribution in [-0.2, 0) is 19.4 Å². The number of aromatic nitrogens is 4. The number of pyridine rings is 2. The van der Waals surface area contributed by atoms with Crippen LogP contribution in [0.15, 0.2) is 66.2 Å². The number of hydrogen-bond acceptors (Lipinski definition) is 8. The second kappa shape index (κ2) is 12.1. The lowest BCUT2D eigenvalue weighted by atomic mass is 10.0. The van der Waals surface area contributed by atoms with Crippen LogP contribution in [0.4, 0.5) is 4.39 Å². The zero-order chi connectivity index (χ0) is 28.0. The summed E-state index contributed by atoms with van der Waals surface area (Å²) in [4.78, 5) is 33.2. The molecule has 0 saturated carbocycles. The van der Waals surface area contributed by atoms with Gasteiger partial charge >= 0.3 is 5.97 Å². The van der Waals surface area contributed by atoms with Gasteiger partial charge in [-0.3, -0.25) is 19.6 Å². The highest BCUT2D eigenvalue weighted by atomic mass is 32.2. The predicted octanol–water partition coefficient (Wildman–Crippen LogP) is 3.95. The molecule has 0 bridgehead atoms. The van der Waals surface area contributed by atoms with E-state index in [-0.39, 0.29) is 22.7 Å². The molecule has 39 heavy (non-hydrogen) atoms. The van der Waals surface area contributed by atoms with Crippen molar-refractivity contribution in [2.75, 3.05) is 12.9 Å². The van der Waals surface area contributed by atoms with Crippen LogP contribution in [0.25, 0.3) is 16.6 Å². The first-order chi connectivity index (χ1) is 18.7. The van der Waals surface area contributed by atoms with Crippen molar-refractivity contribution in [1.29, 1.82) is 0 Å². The predicted molar refractivity (Wildman–Crippen MR) is 141 cm³/mol. The highest BCUT2D eigenvalue weighted by Crippen LogP contribution is 2.25. The molecule has 1 aromatic carbocycles. The maximum atomic E-state index is 13.5. The number of carbonyl (C=O) groups is 2. The molecule has 10 nitrogen and oxygen atoms in total. The number of esters is 1. The van der Waals surface area contributed by atoms with Crippen molar-refractivity contribution in [3.05, 3.63) is 78.3 Å². The van der Waals surface area contributed by atoms with Crippen molar-refractivity contribution in [2.45, 2.75) is 43.5 Å². The van der Waals surface area contributed by atoms with Crippen molar-refractivity contribution in [3.8, 4) is 5.69 Å². The molecule has 0 unspecified atom stereocenters. The summed E-state index contributed by atoms with van der Waals surface area (Å²) in [6, 6.07) is 6.75. The van der Waals surface area contributed by atoms with Crippen LogP contribution in [0.5, 0.6) is 0 Å². The number of hydrogen-bond donors (Lipinski definition) is 1. The third-order valence-corrected chi connectivity index (χ3v) is 7.95. The first-order valence-electron chi connectivity index (χ1n) is 12.4. The van der Waals surface area contributed by atoms with Gasteiger partial charge in [0, 0.05) is 24.0 Å². The second-order valence-electron chi connectivity index (χ2n) is 8.92. The molecule has 0 aliphatic carbocycles. The van der Waals surface area contributed by atoms with Gasteiger partial charge in [-0.15, -0.1) is 0 Å². The third kappa shape index (κ3) is 6.45. The van der Waals surface area contributed by atoms with Crippen molar-refractivity contribution in [3.63, 3.8) is 0 Å². The summed E-state index contributed by atoms with van der Waals surface area (Å²) in [6.45, 7) is 2.01. The van der Waals surface area contributed by atoms with Crippen LogP contribution in [0.2, 0.25) is 0 Å². The van der Waals surface area contributed by atoms with E-state index in [2.05, 4.69) is 25.1 Å². The highest BCUT2D eigenvalue weighted by molar-refractivity contribution is 7.91. The highest BCUT2D eigenvalue weighted by Gasteiger charge is 2.23. The Hall–Kier alpha value is -4.19. The zero-order valence-corrected chi connectivity index (χ0v) is 22.3. The van der Waals surface area contributed by atoms with Gasteiger partial charge in [0.1, 0.15) is 5.82 Å². The van der Waals surface area contributed by atoms with Gasteiger partial charge in [-0.05, 0) is 42.3 Å². The lowest BCUT2D eigenvalue weighted by molar-refractivity contribution is -0.140. The molecule has 4 aromatic rings. The van der Waals surface area contributed by atoms with Gasteiger partial charge in [0.05, 0.1) is 59.4 Å². The molecule has 0 spiro atoms. The molecule has 0 fully saturated rings. The van der Waals surface area contributed by atoms with E-state index in [0.29, 0.717) is 28.6 Å². The molecule has 0 aliphatic rings. The molecule has 204 valence electrons. The van der Waals surface area contributed by atoms with E-state index in [1.807, 2.05) is 6.92 Å². The molecule has 0 saturated heterocycles. The Kier molecular flexibility index (Phi) is 8.65.